The van der Waals surface area contributed by atoms with E-state index in [1.807, 2.05) is 0 Å². The Hall–Kier alpha value is -1.62. The lowest BCUT2D eigenvalue weighted by Crippen LogP contribution is -2.29. The monoisotopic (exact) mass is 234 g/mol. The van der Waals surface area contributed by atoms with Crippen LogP contribution in [-0.2, 0) is 0 Å². The van der Waals surface area contributed by atoms with Crippen LogP contribution < -0.4 is 16.6 Å². The first-order chi connectivity index (χ1) is 8.20. The summed E-state index contributed by atoms with van der Waals surface area (Å²) in [4.78, 5) is 15.8. The van der Waals surface area contributed by atoms with Crippen molar-refractivity contribution in [1.29, 1.82) is 0 Å². The number of nitrogens with one attached hydrogen (secondary N) is 2. The predicted octanol–water partition coefficient (Wildman–Crippen LogP) is 1.14. The average Bonchev–Trinajstić information content (AvgIpc) is 3.20. The molecule has 5 heteroatoms. The number of hydrogen-bond acceptors (Lipinski definition) is 4. The van der Waals surface area contributed by atoms with E-state index in [9.17, 15) is 4.79 Å². The average molecular weight is 234 g/mol. The molecule has 0 aliphatic heterocycles. The summed E-state index contributed by atoms with van der Waals surface area (Å²) in [5, 5.41) is 2.90. The summed E-state index contributed by atoms with van der Waals surface area (Å²) in [5.41, 5.74) is 3.58. The third-order valence-electron chi connectivity index (χ3n) is 3.17. The number of anilines is 1. The molecule has 5 nitrogen and oxygen atoms in total. The third-order valence-corrected chi connectivity index (χ3v) is 3.17. The molecule has 1 aliphatic rings. The number of hydrogen-bond donors (Lipinski definition) is 3. The first kappa shape index (κ1) is 11.9. The topological polar surface area (TPSA) is 80.0 Å². The van der Waals surface area contributed by atoms with Gasteiger partial charge in [0.25, 0.3) is 5.91 Å². The van der Waals surface area contributed by atoms with E-state index in [1.165, 1.54) is 12.8 Å². The number of nitrogens with zero attached hydrogens (tertiary/aromatic N) is 1. The van der Waals surface area contributed by atoms with Crippen LogP contribution in [0.15, 0.2) is 18.3 Å². The lowest BCUT2D eigenvalue weighted by molar-refractivity contribution is 0.0942. The third kappa shape index (κ3) is 3.17. The van der Waals surface area contributed by atoms with Crippen molar-refractivity contribution in [2.45, 2.75) is 19.8 Å². The molecule has 1 aliphatic carbocycles. The van der Waals surface area contributed by atoms with Crippen molar-refractivity contribution in [3.8, 4) is 0 Å². The van der Waals surface area contributed by atoms with Gasteiger partial charge in [-0.2, -0.15) is 0 Å². The maximum absolute atomic E-state index is 11.8. The van der Waals surface area contributed by atoms with Gasteiger partial charge in [-0.05, 0) is 36.8 Å². The molecule has 0 spiro atoms. The van der Waals surface area contributed by atoms with E-state index < -0.39 is 0 Å². The van der Waals surface area contributed by atoms with Gasteiger partial charge in [0, 0.05) is 6.54 Å². The summed E-state index contributed by atoms with van der Waals surface area (Å²) in [5.74, 6) is 6.46. The van der Waals surface area contributed by atoms with Crippen LogP contribution in [0.25, 0.3) is 0 Å². The molecule has 0 bridgehead atoms. The smallest absolute Gasteiger partial charge is 0.269 e. The fourth-order valence-electron chi connectivity index (χ4n) is 1.79. The second kappa shape index (κ2) is 5.14. The van der Waals surface area contributed by atoms with E-state index in [-0.39, 0.29) is 5.91 Å². The molecule has 0 aromatic carbocycles. The van der Waals surface area contributed by atoms with Crippen LogP contribution in [0.2, 0.25) is 0 Å². The molecule has 1 unspecified atom stereocenters. The number of nitrogen functional groups attached to an aromatic ring is 1. The second-order valence-electron chi connectivity index (χ2n) is 4.60. The Morgan fingerprint density at radius 1 is 1.59 bits per heavy atom. The van der Waals surface area contributed by atoms with Crippen molar-refractivity contribution >= 4 is 11.6 Å². The van der Waals surface area contributed by atoms with E-state index in [4.69, 9.17) is 5.84 Å². The van der Waals surface area contributed by atoms with Crippen LogP contribution in [0.5, 0.6) is 0 Å². The van der Waals surface area contributed by atoms with Crippen molar-refractivity contribution in [2.75, 3.05) is 12.0 Å². The number of carbonyl (C=O) groups excluding carboxylic acids is 1. The van der Waals surface area contributed by atoms with E-state index in [0.29, 0.717) is 17.3 Å². The van der Waals surface area contributed by atoms with Crippen LogP contribution in [0.1, 0.15) is 30.3 Å². The molecule has 1 aromatic heterocycles. The largest absolute Gasteiger partial charge is 0.350 e. The zero-order valence-electron chi connectivity index (χ0n) is 9.94. The molecule has 2 rings (SSSR count). The number of amides is 1. The first-order valence-electron chi connectivity index (χ1n) is 5.91. The molecule has 4 N–H and O–H groups in total. The molecule has 0 saturated heterocycles. The van der Waals surface area contributed by atoms with Crippen molar-refractivity contribution in [3.63, 3.8) is 0 Å². The Labute approximate surface area is 101 Å². The van der Waals surface area contributed by atoms with Crippen LogP contribution in [0, 0.1) is 11.8 Å². The Balaban J connectivity index is 1.85. The highest BCUT2D eigenvalue weighted by Crippen LogP contribution is 2.36. The summed E-state index contributed by atoms with van der Waals surface area (Å²) >= 11 is 0. The number of nitrogens with two attached hydrogens (primary N) is 1. The molecule has 17 heavy (non-hydrogen) atoms. The maximum Gasteiger partial charge on any atom is 0.269 e. The van der Waals surface area contributed by atoms with Crippen LogP contribution in [-0.4, -0.2) is 17.4 Å². The Morgan fingerprint density at radius 3 is 2.88 bits per heavy atom. The molecule has 1 amide bonds. The zero-order chi connectivity index (χ0) is 12.3. The van der Waals surface area contributed by atoms with Gasteiger partial charge in [0.15, 0.2) is 0 Å². The molecule has 1 saturated carbocycles. The summed E-state index contributed by atoms with van der Waals surface area (Å²) in [7, 11) is 0. The lowest BCUT2D eigenvalue weighted by atomic mass is 10.1. The molecule has 0 radical (unpaired) electrons. The Kier molecular flexibility index (Phi) is 3.58. The van der Waals surface area contributed by atoms with Gasteiger partial charge in [0.1, 0.15) is 5.69 Å². The van der Waals surface area contributed by atoms with Crippen LogP contribution >= 0.6 is 0 Å². The Morgan fingerprint density at radius 2 is 2.35 bits per heavy atom. The zero-order valence-corrected chi connectivity index (χ0v) is 9.94. The fourth-order valence-corrected chi connectivity index (χ4v) is 1.79. The summed E-state index contributed by atoms with van der Waals surface area (Å²) in [6.45, 7) is 2.90. The molecule has 1 aromatic rings. The van der Waals surface area contributed by atoms with Gasteiger partial charge in [-0.15, -0.1) is 0 Å². The fraction of sp³-hybridized carbons (Fsp3) is 0.500. The highest BCUT2D eigenvalue weighted by Gasteiger charge is 2.27. The minimum Gasteiger partial charge on any atom is -0.350 e. The number of aromatic nitrogens is 1. The highest BCUT2D eigenvalue weighted by molar-refractivity contribution is 5.92. The van der Waals surface area contributed by atoms with E-state index in [1.54, 1.807) is 18.3 Å². The van der Waals surface area contributed by atoms with Gasteiger partial charge in [-0.1, -0.05) is 6.92 Å². The van der Waals surface area contributed by atoms with Crippen molar-refractivity contribution in [2.24, 2.45) is 17.7 Å². The SMILES string of the molecule is CC(CNC(=O)c1ccc(NN)cn1)C1CC1. The van der Waals surface area contributed by atoms with Gasteiger partial charge in [0.2, 0.25) is 0 Å². The van der Waals surface area contributed by atoms with E-state index >= 15 is 0 Å². The van der Waals surface area contributed by atoms with E-state index in [2.05, 4.69) is 22.7 Å². The predicted molar refractivity (Wildman–Crippen MR) is 66.3 cm³/mol. The normalized spacial score (nSPS) is 16.4. The van der Waals surface area contributed by atoms with Gasteiger partial charge >= 0.3 is 0 Å². The number of carbonyl (C=O) groups is 1. The van der Waals surface area contributed by atoms with Gasteiger partial charge in [-0.3, -0.25) is 10.6 Å². The van der Waals surface area contributed by atoms with Crippen LogP contribution in [0.4, 0.5) is 5.69 Å². The number of rotatable bonds is 5. The highest BCUT2D eigenvalue weighted by atomic mass is 16.1. The van der Waals surface area contributed by atoms with Crippen molar-refractivity contribution in [3.05, 3.63) is 24.0 Å². The van der Waals surface area contributed by atoms with Gasteiger partial charge in [0.05, 0.1) is 11.9 Å². The molecule has 1 fully saturated rings. The standard InChI is InChI=1S/C12H18N4O/c1-8(9-2-3-9)6-15-12(17)11-5-4-10(16-13)7-14-11/h4-5,7-9,16H,2-3,6,13H2,1H3,(H,15,17). The molecule has 1 heterocycles. The minimum absolute atomic E-state index is 0.124. The van der Waals surface area contributed by atoms with Crippen molar-refractivity contribution < 1.29 is 4.79 Å². The minimum atomic E-state index is -0.124. The Bertz CT molecular complexity index is 386. The summed E-state index contributed by atoms with van der Waals surface area (Å²) in [6.07, 6.45) is 4.14. The molecular weight excluding hydrogens is 216 g/mol. The summed E-state index contributed by atoms with van der Waals surface area (Å²) < 4.78 is 0. The summed E-state index contributed by atoms with van der Waals surface area (Å²) in [6, 6.07) is 3.39. The number of hydrazine groups is 1. The lowest BCUT2D eigenvalue weighted by Gasteiger charge is -2.11. The first-order valence-corrected chi connectivity index (χ1v) is 5.91. The van der Waals surface area contributed by atoms with Crippen molar-refractivity contribution in [1.82, 2.24) is 10.3 Å². The van der Waals surface area contributed by atoms with E-state index in [0.717, 1.165) is 12.5 Å². The molecule has 92 valence electrons. The van der Waals surface area contributed by atoms with Gasteiger partial charge in [-0.25, -0.2) is 4.98 Å². The second-order valence-corrected chi connectivity index (χ2v) is 4.60. The quantitative estimate of drug-likeness (QED) is 0.527. The molecule has 1 atom stereocenters. The maximum atomic E-state index is 11.8. The molecular formula is C12H18N4O. The van der Waals surface area contributed by atoms with Gasteiger partial charge < -0.3 is 10.7 Å². The van der Waals surface area contributed by atoms with Crippen LogP contribution in [0.3, 0.4) is 0 Å². The number of pyridine rings is 1.